The fourth-order valence-corrected chi connectivity index (χ4v) is 3.20. The Hall–Kier alpha value is -2.96. The van der Waals surface area contributed by atoms with Gasteiger partial charge in [-0.25, -0.2) is 9.89 Å². The highest BCUT2D eigenvalue weighted by Crippen LogP contribution is 2.17. The molecule has 1 aliphatic heterocycles. The molecule has 0 bridgehead atoms. The molecule has 7 heteroatoms. The number of aryl methyl sites for hydroxylation is 1. The van der Waals surface area contributed by atoms with Crippen LogP contribution in [0.1, 0.15) is 29.0 Å². The lowest BCUT2D eigenvalue weighted by atomic mass is 10.1. The number of hydrogen-bond donors (Lipinski definition) is 2. The van der Waals surface area contributed by atoms with Crippen LogP contribution in [0.25, 0.3) is 10.9 Å². The lowest BCUT2D eigenvalue weighted by molar-refractivity contribution is 0.0934. The van der Waals surface area contributed by atoms with Crippen LogP contribution in [0.15, 0.2) is 41.3 Å². The summed E-state index contributed by atoms with van der Waals surface area (Å²) in [7, 11) is 0. The number of aromatic amines is 1. The molecule has 0 fully saturated rings. The number of rotatable bonds is 2. The molecule has 1 aliphatic rings. The lowest BCUT2D eigenvalue weighted by Gasteiger charge is -2.16. The van der Waals surface area contributed by atoms with Crippen LogP contribution in [0.3, 0.4) is 0 Å². The summed E-state index contributed by atoms with van der Waals surface area (Å²) in [6.45, 7) is 0.559. The van der Waals surface area contributed by atoms with Crippen LogP contribution in [-0.4, -0.2) is 31.7 Å². The molecule has 0 saturated carbocycles. The van der Waals surface area contributed by atoms with Gasteiger partial charge in [0.25, 0.3) is 5.91 Å². The van der Waals surface area contributed by atoms with Gasteiger partial charge in [-0.15, -0.1) is 0 Å². The number of pyridine rings is 1. The number of nitrogens with one attached hydrogen (secondary N) is 2. The van der Waals surface area contributed by atoms with E-state index >= 15 is 0 Å². The Bertz CT molecular complexity index is 954. The van der Waals surface area contributed by atoms with E-state index in [2.05, 4.69) is 20.5 Å². The SMILES string of the molecule is O=C(NC1CCc2n[nH]c(=O)n2CC1)c1cccc2cccnc12. The number of amides is 1. The van der Waals surface area contributed by atoms with E-state index < -0.39 is 0 Å². The zero-order chi connectivity index (χ0) is 16.5. The van der Waals surface area contributed by atoms with E-state index in [1.54, 1.807) is 16.8 Å². The van der Waals surface area contributed by atoms with Gasteiger partial charge in [0.05, 0.1) is 11.1 Å². The first kappa shape index (κ1) is 14.6. The molecule has 2 N–H and O–H groups in total. The standard InChI is InChI=1S/C17H17N5O2/c23-16(13-5-1-3-11-4-2-9-18-15(11)13)19-12-6-7-14-20-21-17(24)22(14)10-8-12/h1-5,9,12H,6-8,10H2,(H,19,23)(H,21,24). The molecule has 0 spiro atoms. The zero-order valence-corrected chi connectivity index (χ0v) is 13.0. The van der Waals surface area contributed by atoms with Crippen molar-refractivity contribution in [1.82, 2.24) is 25.1 Å². The van der Waals surface area contributed by atoms with Gasteiger partial charge in [0.1, 0.15) is 5.82 Å². The Morgan fingerprint density at radius 1 is 1.25 bits per heavy atom. The Morgan fingerprint density at radius 3 is 3.04 bits per heavy atom. The molecule has 7 nitrogen and oxygen atoms in total. The van der Waals surface area contributed by atoms with Crippen LogP contribution >= 0.6 is 0 Å². The Kier molecular flexibility index (Phi) is 3.60. The van der Waals surface area contributed by atoms with Gasteiger partial charge >= 0.3 is 5.69 Å². The molecule has 4 rings (SSSR count). The maximum Gasteiger partial charge on any atom is 0.343 e. The number of nitrogens with zero attached hydrogens (tertiary/aromatic N) is 3. The molecular weight excluding hydrogens is 306 g/mol. The van der Waals surface area contributed by atoms with Crippen molar-refractivity contribution in [2.45, 2.75) is 31.8 Å². The zero-order valence-electron chi connectivity index (χ0n) is 13.0. The van der Waals surface area contributed by atoms with Crippen molar-refractivity contribution in [3.05, 3.63) is 58.4 Å². The van der Waals surface area contributed by atoms with E-state index in [9.17, 15) is 9.59 Å². The number of hydrogen-bond acceptors (Lipinski definition) is 4. The summed E-state index contributed by atoms with van der Waals surface area (Å²) in [5.41, 5.74) is 1.10. The normalized spacial score (nSPS) is 17.2. The fourth-order valence-electron chi connectivity index (χ4n) is 3.20. The first-order chi connectivity index (χ1) is 11.7. The molecule has 24 heavy (non-hydrogen) atoms. The van der Waals surface area contributed by atoms with Gasteiger partial charge < -0.3 is 5.32 Å². The van der Waals surface area contributed by atoms with E-state index in [4.69, 9.17) is 0 Å². The maximum atomic E-state index is 12.7. The summed E-state index contributed by atoms with van der Waals surface area (Å²) >= 11 is 0. The van der Waals surface area contributed by atoms with Gasteiger partial charge in [-0.3, -0.25) is 14.3 Å². The van der Waals surface area contributed by atoms with E-state index in [0.29, 0.717) is 30.5 Å². The average Bonchev–Trinajstić information content (AvgIpc) is 2.84. The Morgan fingerprint density at radius 2 is 2.12 bits per heavy atom. The third kappa shape index (κ3) is 2.58. The monoisotopic (exact) mass is 323 g/mol. The molecular formula is C17H17N5O2. The third-order valence-corrected chi connectivity index (χ3v) is 4.47. The van der Waals surface area contributed by atoms with Gasteiger partial charge in [0.15, 0.2) is 0 Å². The first-order valence-corrected chi connectivity index (χ1v) is 8.01. The number of benzene rings is 1. The second-order valence-electron chi connectivity index (χ2n) is 5.98. The van der Waals surface area contributed by atoms with Crippen molar-refractivity contribution >= 4 is 16.8 Å². The van der Waals surface area contributed by atoms with Gasteiger partial charge in [-0.05, 0) is 25.0 Å². The fraction of sp³-hybridized carbons (Fsp3) is 0.294. The van der Waals surface area contributed by atoms with Crippen LogP contribution < -0.4 is 11.0 Å². The van der Waals surface area contributed by atoms with Gasteiger partial charge in [-0.1, -0.05) is 18.2 Å². The highest BCUT2D eigenvalue weighted by atomic mass is 16.2. The summed E-state index contributed by atoms with van der Waals surface area (Å²) < 4.78 is 1.64. The van der Waals surface area contributed by atoms with Crippen molar-refractivity contribution in [2.75, 3.05) is 0 Å². The highest BCUT2D eigenvalue weighted by Gasteiger charge is 2.21. The van der Waals surface area contributed by atoms with Gasteiger partial charge in [0.2, 0.25) is 0 Å². The smallest absolute Gasteiger partial charge is 0.343 e. The highest BCUT2D eigenvalue weighted by molar-refractivity contribution is 6.05. The number of para-hydroxylation sites is 1. The van der Waals surface area contributed by atoms with Crippen LogP contribution in [-0.2, 0) is 13.0 Å². The second kappa shape index (κ2) is 5.92. The van der Waals surface area contributed by atoms with E-state index in [0.717, 1.165) is 17.6 Å². The van der Waals surface area contributed by atoms with Crippen molar-refractivity contribution in [2.24, 2.45) is 0 Å². The minimum absolute atomic E-state index is 0.0116. The second-order valence-corrected chi connectivity index (χ2v) is 5.98. The van der Waals surface area contributed by atoms with Crippen LogP contribution in [0.5, 0.6) is 0 Å². The molecule has 0 aliphatic carbocycles. The predicted molar refractivity (Wildman–Crippen MR) is 88.8 cm³/mol. The number of fused-ring (bicyclic) bond motifs is 2. The number of carbonyl (C=O) groups is 1. The van der Waals surface area contributed by atoms with Crippen LogP contribution in [0.2, 0.25) is 0 Å². The molecule has 3 heterocycles. The first-order valence-electron chi connectivity index (χ1n) is 8.01. The molecule has 3 aromatic rings. The van der Waals surface area contributed by atoms with E-state index in [1.165, 1.54) is 0 Å². The minimum atomic E-state index is -0.185. The van der Waals surface area contributed by atoms with Crippen molar-refractivity contribution in [3.63, 3.8) is 0 Å². The number of aromatic nitrogens is 4. The van der Waals surface area contributed by atoms with Crippen LogP contribution in [0, 0.1) is 0 Å². The minimum Gasteiger partial charge on any atom is -0.349 e. The topological polar surface area (TPSA) is 92.7 Å². The molecule has 1 amide bonds. The predicted octanol–water partition coefficient (Wildman–Crippen LogP) is 1.25. The number of H-pyrrole nitrogens is 1. The Labute approximate surface area is 137 Å². The molecule has 1 atom stereocenters. The van der Waals surface area contributed by atoms with E-state index in [1.807, 2.05) is 24.3 Å². The molecule has 1 aromatic carbocycles. The summed E-state index contributed by atoms with van der Waals surface area (Å²) in [5, 5.41) is 10.5. The quantitative estimate of drug-likeness (QED) is 0.742. The van der Waals surface area contributed by atoms with Gasteiger partial charge in [-0.2, -0.15) is 5.10 Å². The molecule has 0 radical (unpaired) electrons. The molecule has 0 saturated heterocycles. The lowest BCUT2D eigenvalue weighted by Crippen LogP contribution is -2.35. The van der Waals surface area contributed by atoms with Crippen molar-refractivity contribution in [1.29, 1.82) is 0 Å². The molecule has 1 unspecified atom stereocenters. The van der Waals surface area contributed by atoms with E-state index in [-0.39, 0.29) is 17.6 Å². The van der Waals surface area contributed by atoms with Crippen molar-refractivity contribution < 1.29 is 4.79 Å². The summed E-state index contributed by atoms with van der Waals surface area (Å²) in [6.07, 6.45) is 3.82. The van der Waals surface area contributed by atoms with Gasteiger partial charge in [0, 0.05) is 30.6 Å². The maximum absolute atomic E-state index is 12.7. The number of carbonyl (C=O) groups excluding carboxylic acids is 1. The average molecular weight is 323 g/mol. The summed E-state index contributed by atoms with van der Waals surface area (Å²) in [5.74, 6) is 0.626. The summed E-state index contributed by atoms with van der Waals surface area (Å²) in [6, 6.07) is 9.40. The van der Waals surface area contributed by atoms with Crippen LogP contribution in [0.4, 0.5) is 0 Å². The Balaban J connectivity index is 1.53. The largest absolute Gasteiger partial charge is 0.349 e. The molecule has 122 valence electrons. The molecule has 2 aromatic heterocycles. The third-order valence-electron chi connectivity index (χ3n) is 4.47. The van der Waals surface area contributed by atoms with Crippen molar-refractivity contribution in [3.8, 4) is 0 Å². The summed E-state index contributed by atoms with van der Waals surface area (Å²) in [4.78, 5) is 28.7.